The molecule has 0 aromatic heterocycles. The highest BCUT2D eigenvalue weighted by atomic mass is 33.1. The van der Waals surface area contributed by atoms with Crippen LogP contribution in [0, 0.1) is 11.8 Å². The highest BCUT2D eigenvalue weighted by molar-refractivity contribution is 8.77. The molecule has 0 aromatic carbocycles. The molecular formula is C18H34O2S2. The summed E-state index contributed by atoms with van der Waals surface area (Å²) in [6.07, 6.45) is 8.49. The molecule has 4 heteroatoms. The van der Waals surface area contributed by atoms with Crippen molar-refractivity contribution in [3.8, 4) is 0 Å². The molecule has 0 radical (unpaired) electrons. The van der Waals surface area contributed by atoms with Crippen molar-refractivity contribution in [3.63, 3.8) is 0 Å². The number of hydrogen-bond donors (Lipinski definition) is 0. The Morgan fingerprint density at radius 1 is 0.727 bits per heavy atom. The molecular weight excluding hydrogens is 312 g/mol. The lowest BCUT2D eigenvalue weighted by Crippen LogP contribution is -2.17. The maximum Gasteiger partial charge on any atom is 0.146 e. The summed E-state index contributed by atoms with van der Waals surface area (Å²) in [4.78, 5) is 24.3. The Kier molecular flexibility index (Phi) is 14.6. The zero-order valence-electron chi connectivity index (χ0n) is 14.9. The van der Waals surface area contributed by atoms with Gasteiger partial charge in [-0.2, -0.15) is 0 Å². The predicted octanol–water partition coefficient (Wildman–Crippen LogP) is 5.94. The van der Waals surface area contributed by atoms with E-state index >= 15 is 0 Å². The first kappa shape index (κ1) is 22.0. The maximum atomic E-state index is 12.1. The van der Waals surface area contributed by atoms with Gasteiger partial charge in [0.05, 0.1) is 11.5 Å². The molecule has 0 N–H and O–H groups in total. The van der Waals surface area contributed by atoms with E-state index in [-0.39, 0.29) is 11.8 Å². The zero-order chi connectivity index (χ0) is 16.8. The third kappa shape index (κ3) is 9.94. The fourth-order valence-corrected chi connectivity index (χ4v) is 4.59. The van der Waals surface area contributed by atoms with Crippen LogP contribution in [0.15, 0.2) is 0 Å². The molecule has 0 aliphatic carbocycles. The van der Waals surface area contributed by atoms with E-state index in [0.717, 1.165) is 51.4 Å². The Morgan fingerprint density at radius 3 is 1.36 bits per heavy atom. The minimum absolute atomic E-state index is 0.219. The molecule has 0 heterocycles. The lowest BCUT2D eigenvalue weighted by Gasteiger charge is -2.14. The molecule has 2 unspecified atom stereocenters. The molecule has 0 saturated heterocycles. The predicted molar refractivity (Wildman–Crippen MR) is 102 cm³/mol. The minimum Gasteiger partial charge on any atom is -0.298 e. The summed E-state index contributed by atoms with van der Waals surface area (Å²) in [5, 5.41) is 0. The van der Waals surface area contributed by atoms with Gasteiger partial charge in [0.25, 0.3) is 0 Å². The average molecular weight is 347 g/mol. The van der Waals surface area contributed by atoms with E-state index < -0.39 is 0 Å². The Labute approximate surface area is 145 Å². The standard InChI is InChI=1S/C18H34O2S2/c1-5-9-11-15(7-3)17(19)13-21-22-14-18(20)16(8-4)12-10-6-2/h15-16H,5-14H2,1-4H3. The SMILES string of the molecule is CCCCC(CC)C(=O)CSSCC(=O)C(CC)CCCC. The van der Waals surface area contributed by atoms with E-state index in [1.807, 2.05) is 0 Å². The molecule has 0 amide bonds. The highest BCUT2D eigenvalue weighted by Crippen LogP contribution is 2.26. The average Bonchev–Trinajstić information content (AvgIpc) is 2.53. The molecule has 2 atom stereocenters. The Hall–Kier alpha value is 0.0400. The first-order valence-corrected chi connectivity index (χ1v) is 11.4. The quantitative estimate of drug-likeness (QED) is 0.271. The van der Waals surface area contributed by atoms with Crippen LogP contribution in [-0.2, 0) is 9.59 Å². The molecule has 22 heavy (non-hydrogen) atoms. The Balaban J connectivity index is 3.94. The van der Waals surface area contributed by atoms with Crippen molar-refractivity contribution in [2.45, 2.75) is 79.1 Å². The zero-order valence-corrected chi connectivity index (χ0v) is 16.5. The molecule has 2 nitrogen and oxygen atoms in total. The number of ketones is 2. The van der Waals surface area contributed by atoms with E-state index in [2.05, 4.69) is 27.7 Å². The summed E-state index contributed by atoms with van der Waals surface area (Å²) in [5.41, 5.74) is 0. The first-order valence-electron chi connectivity index (χ1n) is 8.90. The number of hydrogen-bond acceptors (Lipinski definition) is 4. The van der Waals surface area contributed by atoms with Gasteiger partial charge >= 0.3 is 0 Å². The molecule has 0 aromatic rings. The topological polar surface area (TPSA) is 34.1 Å². The summed E-state index contributed by atoms with van der Waals surface area (Å²) in [5.74, 6) is 2.25. The van der Waals surface area contributed by atoms with Crippen molar-refractivity contribution < 1.29 is 9.59 Å². The largest absolute Gasteiger partial charge is 0.298 e. The van der Waals surface area contributed by atoms with Crippen molar-refractivity contribution in [2.75, 3.05) is 11.5 Å². The number of carbonyl (C=O) groups excluding carboxylic acids is 2. The molecule has 130 valence electrons. The van der Waals surface area contributed by atoms with E-state index in [0.29, 0.717) is 23.1 Å². The van der Waals surface area contributed by atoms with Gasteiger partial charge in [0.2, 0.25) is 0 Å². The van der Waals surface area contributed by atoms with Crippen LogP contribution in [0.25, 0.3) is 0 Å². The third-order valence-corrected chi connectivity index (χ3v) is 6.37. The third-order valence-electron chi connectivity index (χ3n) is 4.19. The summed E-state index contributed by atoms with van der Waals surface area (Å²) in [7, 11) is 3.13. The highest BCUT2D eigenvalue weighted by Gasteiger charge is 2.18. The second-order valence-corrected chi connectivity index (χ2v) is 8.41. The molecule has 0 spiro atoms. The summed E-state index contributed by atoms with van der Waals surface area (Å²) in [6, 6.07) is 0. The smallest absolute Gasteiger partial charge is 0.146 e. The molecule has 0 aliphatic rings. The van der Waals surface area contributed by atoms with Crippen molar-refractivity contribution in [3.05, 3.63) is 0 Å². The monoisotopic (exact) mass is 346 g/mol. The van der Waals surface area contributed by atoms with Crippen molar-refractivity contribution in [2.24, 2.45) is 11.8 Å². The number of rotatable bonds is 15. The second-order valence-electron chi connectivity index (χ2n) is 5.95. The van der Waals surface area contributed by atoms with E-state index in [9.17, 15) is 9.59 Å². The van der Waals surface area contributed by atoms with Gasteiger partial charge in [-0.25, -0.2) is 0 Å². The fourth-order valence-electron chi connectivity index (χ4n) is 2.52. The van der Waals surface area contributed by atoms with Crippen molar-refractivity contribution >= 4 is 33.2 Å². The van der Waals surface area contributed by atoms with Gasteiger partial charge in [0.15, 0.2) is 0 Å². The number of unbranched alkanes of at least 4 members (excludes halogenated alkanes) is 2. The van der Waals surface area contributed by atoms with E-state index in [4.69, 9.17) is 0 Å². The lowest BCUT2D eigenvalue weighted by atomic mass is 9.96. The molecule has 0 aliphatic heterocycles. The van der Waals surface area contributed by atoms with Gasteiger partial charge in [-0.1, -0.05) is 75.0 Å². The van der Waals surface area contributed by atoms with Crippen LogP contribution in [0.2, 0.25) is 0 Å². The Bertz CT molecular complexity index is 275. The van der Waals surface area contributed by atoms with Gasteiger partial charge in [-0.05, 0) is 25.7 Å². The van der Waals surface area contributed by atoms with Crippen LogP contribution < -0.4 is 0 Å². The number of Topliss-reactive ketones (excluding diaryl/α,β-unsaturated/α-hetero) is 2. The number of carbonyl (C=O) groups is 2. The minimum atomic E-state index is 0.219. The van der Waals surface area contributed by atoms with Gasteiger partial charge in [0, 0.05) is 11.8 Å². The van der Waals surface area contributed by atoms with E-state index in [1.165, 1.54) is 0 Å². The van der Waals surface area contributed by atoms with Gasteiger partial charge in [-0.3, -0.25) is 9.59 Å². The van der Waals surface area contributed by atoms with Crippen LogP contribution >= 0.6 is 21.6 Å². The summed E-state index contributed by atoms with van der Waals surface area (Å²) < 4.78 is 0. The molecule has 0 bridgehead atoms. The fraction of sp³-hybridized carbons (Fsp3) is 0.889. The summed E-state index contributed by atoms with van der Waals surface area (Å²) in [6.45, 7) is 8.52. The van der Waals surface area contributed by atoms with Crippen LogP contribution in [-0.4, -0.2) is 23.1 Å². The lowest BCUT2D eigenvalue weighted by molar-refractivity contribution is -0.121. The van der Waals surface area contributed by atoms with Crippen LogP contribution in [0.4, 0.5) is 0 Å². The van der Waals surface area contributed by atoms with Crippen LogP contribution in [0.1, 0.15) is 79.1 Å². The Morgan fingerprint density at radius 2 is 1.09 bits per heavy atom. The van der Waals surface area contributed by atoms with Crippen LogP contribution in [0.3, 0.4) is 0 Å². The normalized spacial score (nSPS) is 13.8. The first-order chi connectivity index (χ1) is 10.6. The summed E-state index contributed by atoms with van der Waals surface area (Å²) >= 11 is 0. The molecule has 0 rings (SSSR count). The van der Waals surface area contributed by atoms with Crippen molar-refractivity contribution in [1.82, 2.24) is 0 Å². The van der Waals surface area contributed by atoms with Gasteiger partial charge in [0.1, 0.15) is 11.6 Å². The molecule has 0 fully saturated rings. The molecule has 0 saturated carbocycles. The maximum absolute atomic E-state index is 12.1. The van der Waals surface area contributed by atoms with Crippen LogP contribution in [0.5, 0.6) is 0 Å². The second kappa shape index (κ2) is 14.6. The van der Waals surface area contributed by atoms with Crippen molar-refractivity contribution in [1.29, 1.82) is 0 Å². The van der Waals surface area contributed by atoms with Gasteiger partial charge < -0.3 is 0 Å². The van der Waals surface area contributed by atoms with Gasteiger partial charge in [-0.15, -0.1) is 0 Å². The van der Waals surface area contributed by atoms with E-state index in [1.54, 1.807) is 21.6 Å².